The summed E-state index contributed by atoms with van der Waals surface area (Å²) in [6.45, 7) is 2.09. The lowest BCUT2D eigenvalue weighted by Gasteiger charge is -2.11. The van der Waals surface area contributed by atoms with Crippen molar-refractivity contribution in [1.82, 2.24) is 10.2 Å². The summed E-state index contributed by atoms with van der Waals surface area (Å²) in [4.78, 5) is 0.142. The molecule has 3 N–H and O–H groups in total. The third kappa shape index (κ3) is 3.11. The van der Waals surface area contributed by atoms with Gasteiger partial charge in [0.1, 0.15) is 10.4 Å². The van der Waals surface area contributed by atoms with Gasteiger partial charge in [0.2, 0.25) is 5.13 Å². The average molecular weight is 363 g/mol. The number of anilines is 1. The molecule has 9 heteroatoms. The van der Waals surface area contributed by atoms with Gasteiger partial charge in [0, 0.05) is 11.0 Å². The summed E-state index contributed by atoms with van der Waals surface area (Å²) < 4.78 is 27.5. The summed E-state index contributed by atoms with van der Waals surface area (Å²) >= 11 is 4.40. The fourth-order valence-corrected chi connectivity index (χ4v) is 4.27. The highest BCUT2D eigenvalue weighted by Gasteiger charge is 2.21. The molecule has 0 aliphatic rings. The van der Waals surface area contributed by atoms with E-state index in [2.05, 4.69) is 30.8 Å². The lowest BCUT2D eigenvalue weighted by atomic mass is 10.1. The molecule has 0 fully saturated rings. The molecule has 1 aromatic heterocycles. The maximum absolute atomic E-state index is 12.3. The molecular weight excluding hydrogens is 352 g/mol. The molecule has 0 amide bonds. The maximum atomic E-state index is 12.3. The molecule has 1 aromatic carbocycles. The second kappa shape index (κ2) is 5.53. The van der Waals surface area contributed by atoms with Crippen molar-refractivity contribution in [2.45, 2.75) is 18.4 Å². The monoisotopic (exact) mass is 362 g/mol. The molecule has 0 atom stereocenters. The van der Waals surface area contributed by atoms with Gasteiger partial charge in [-0.3, -0.25) is 4.72 Å². The number of aromatic nitrogens is 2. The van der Waals surface area contributed by atoms with Crippen LogP contribution in [0.5, 0.6) is 0 Å². The predicted octanol–water partition coefficient (Wildman–Crippen LogP) is 1.87. The van der Waals surface area contributed by atoms with Crippen LogP contribution in [0.4, 0.5) is 5.13 Å². The van der Waals surface area contributed by atoms with E-state index in [0.717, 1.165) is 22.5 Å². The first-order valence-corrected chi connectivity index (χ1v) is 8.37. The molecule has 6 nitrogen and oxygen atoms in total. The summed E-state index contributed by atoms with van der Waals surface area (Å²) in [5.41, 5.74) is 8.57. The first kappa shape index (κ1) is 14.4. The summed E-state index contributed by atoms with van der Waals surface area (Å²) in [5, 5.41) is 7.47. The van der Waals surface area contributed by atoms with Crippen LogP contribution in [-0.2, 0) is 16.6 Å². The molecule has 0 saturated heterocycles. The highest BCUT2D eigenvalue weighted by atomic mass is 79.9. The molecule has 0 aliphatic heterocycles. The predicted molar refractivity (Wildman–Crippen MR) is 77.5 cm³/mol. The Morgan fingerprint density at radius 3 is 2.79 bits per heavy atom. The Bertz CT molecular complexity index is 686. The highest BCUT2D eigenvalue weighted by Crippen LogP contribution is 2.29. The van der Waals surface area contributed by atoms with Crippen molar-refractivity contribution < 1.29 is 8.42 Å². The molecule has 1 heterocycles. The van der Waals surface area contributed by atoms with Crippen molar-refractivity contribution >= 4 is 42.4 Å². The Morgan fingerprint density at radius 2 is 2.21 bits per heavy atom. The van der Waals surface area contributed by atoms with Crippen molar-refractivity contribution in [1.29, 1.82) is 0 Å². The van der Waals surface area contributed by atoms with Crippen LogP contribution < -0.4 is 10.5 Å². The minimum absolute atomic E-state index is 0.142. The van der Waals surface area contributed by atoms with Crippen LogP contribution in [0.3, 0.4) is 0 Å². The molecule has 2 aromatic rings. The third-order valence-corrected chi connectivity index (χ3v) is 5.80. The zero-order valence-corrected chi connectivity index (χ0v) is 13.1. The van der Waals surface area contributed by atoms with E-state index < -0.39 is 10.0 Å². The van der Waals surface area contributed by atoms with Crippen molar-refractivity contribution in [2.24, 2.45) is 5.73 Å². The lowest BCUT2D eigenvalue weighted by molar-refractivity contribution is 0.600. The molecule has 0 spiro atoms. The van der Waals surface area contributed by atoms with Crippen molar-refractivity contribution in [3.05, 3.63) is 33.2 Å². The van der Waals surface area contributed by atoms with Gasteiger partial charge < -0.3 is 5.73 Å². The molecule has 0 aliphatic carbocycles. The zero-order valence-electron chi connectivity index (χ0n) is 9.92. The molecule has 2 rings (SSSR count). The van der Waals surface area contributed by atoms with E-state index in [0.29, 0.717) is 4.47 Å². The molecular formula is C10H11BrN4O2S2. The van der Waals surface area contributed by atoms with Crippen molar-refractivity contribution in [3.8, 4) is 0 Å². The number of sulfonamides is 1. The van der Waals surface area contributed by atoms with Gasteiger partial charge in [0.05, 0.1) is 0 Å². The number of hydrogen-bond donors (Lipinski definition) is 2. The largest absolute Gasteiger partial charge is 0.326 e. The van der Waals surface area contributed by atoms with Crippen molar-refractivity contribution in [2.75, 3.05) is 4.72 Å². The number of rotatable bonds is 4. The van der Waals surface area contributed by atoms with Crippen LogP contribution in [-0.4, -0.2) is 18.6 Å². The number of halogens is 1. The van der Waals surface area contributed by atoms with Crippen LogP contribution >= 0.6 is 27.3 Å². The fourth-order valence-electron chi connectivity index (χ4n) is 1.51. The van der Waals surface area contributed by atoms with Gasteiger partial charge in [-0.25, -0.2) is 8.42 Å². The Morgan fingerprint density at radius 1 is 1.47 bits per heavy atom. The Kier molecular flexibility index (Phi) is 4.19. The van der Waals surface area contributed by atoms with Gasteiger partial charge in [0.15, 0.2) is 0 Å². The number of nitrogens with one attached hydrogen (secondary N) is 1. The van der Waals surface area contributed by atoms with Gasteiger partial charge in [0.25, 0.3) is 10.0 Å². The van der Waals surface area contributed by atoms with Crippen LogP contribution in [0.15, 0.2) is 27.0 Å². The first-order valence-electron chi connectivity index (χ1n) is 5.22. The standard InChI is InChI=1S/C10H11BrN4O2S2/c1-6-2-7(4-12)3-8(9(6)11)19(16,17)15-10-14-13-5-18-10/h2-3,5H,4,12H2,1H3,(H,14,15). The third-order valence-electron chi connectivity index (χ3n) is 2.39. The van der Waals surface area contributed by atoms with Crippen LogP contribution in [0.1, 0.15) is 11.1 Å². The van der Waals surface area contributed by atoms with Crippen LogP contribution in [0.2, 0.25) is 0 Å². The average Bonchev–Trinajstić information content (AvgIpc) is 2.84. The second-order valence-electron chi connectivity index (χ2n) is 3.78. The topological polar surface area (TPSA) is 98.0 Å². The minimum Gasteiger partial charge on any atom is -0.326 e. The fraction of sp³-hybridized carbons (Fsp3) is 0.200. The Hall–Kier alpha value is -1.03. The molecule has 0 saturated carbocycles. The van der Waals surface area contributed by atoms with Gasteiger partial charge >= 0.3 is 0 Å². The van der Waals surface area contributed by atoms with E-state index >= 15 is 0 Å². The quantitative estimate of drug-likeness (QED) is 0.864. The van der Waals surface area contributed by atoms with E-state index in [-0.39, 0.29) is 16.6 Å². The van der Waals surface area contributed by atoms with Gasteiger partial charge in [-0.15, -0.1) is 10.2 Å². The molecule has 102 valence electrons. The number of benzene rings is 1. The number of hydrogen-bond acceptors (Lipinski definition) is 6. The summed E-state index contributed by atoms with van der Waals surface area (Å²) in [5.74, 6) is 0. The van der Waals surface area contributed by atoms with E-state index in [1.54, 1.807) is 6.07 Å². The van der Waals surface area contributed by atoms with Gasteiger partial charge in [-0.2, -0.15) is 0 Å². The summed E-state index contributed by atoms with van der Waals surface area (Å²) in [7, 11) is -3.71. The first-order chi connectivity index (χ1) is 8.94. The minimum atomic E-state index is -3.71. The highest BCUT2D eigenvalue weighted by molar-refractivity contribution is 9.10. The zero-order chi connectivity index (χ0) is 14.0. The second-order valence-corrected chi connectivity index (χ2v) is 7.06. The maximum Gasteiger partial charge on any atom is 0.264 e. The Balaban J connectivity index is 2.48. The summed E-state index contributed by atoms with van der Waals surface area (Å²) in [6.07, 6.45) is 0. The van der Waals surface area contributed by atoms with Crippen LogP contribution in [0.25, 0.3) is 0 Å². The van der Waals surface area contributed by atoms with E-state index in [1.165, 1.54) is 5.51 Å². The smallest absolute Gasteiger partial charge is 0.264 e. The van der Waals surface area contributed by atoms with Gasteiger partial charge in [-0.05, 0) is 40.0 Å². The number of aryl methyl sites for hydroxylation is 1. The molecule has 19 heavy (non-hydrogen) atoms. The molecule has 0 radical (unpaired) electrons. The van der Waals surface area contributed by atoms with E-state index in [1.807, 2.05) is 13.0 Å². The van der Waals surface area contributed by atoms with Crippen molar-refractivity contribution in [3.63, 3.8) is 0 Å². The number of nitrogens with zero attached hydrogens (tertiary/aromatic N) is 2. The van der Waals surface area contributed by atoms with Gasteiger partial charge in [-0.1, -0.05) is 17.4 Å². The van der Waals surface area contributed by atoms with E-state index in [4.69, 9.17) is 5.73 Å². The molecule has 0 bridgehead atoms. The van der Waals surface area contributed by atoms with E-state index in [9.17, 15) is 8.42 Å². The SMILES string of the molecule is Cc1cc(CN)cc(S(=O)(=O)Nc2nncs2)c1Br. The normalized spacial score (nSPS) is 11.5. The number of nitrogens with two attached hydrogens (primary N) is 1. The lowest BCUT2D eigenvalue weighted by Crippen LogP contribution is -2.15. The Labute approximate surface area is 123 Å². The molecule has 0 unspecified atom stereocenters. The van der Waals surface area contributed by atoms with Crippen LogP contribution in [0, 0.1) is 6.92 Å². The summed E-state index contributed by atoms with van der Waals surface area (Å²) in [6, 6.07) is 3.38.